The zero-order valence-electron chi connectivity index (χ0n) is 16.4. The summed E-state index contributed by atoms with van der Waals surface area (Å²) in [4.78, 5) is 4.49. The molecule has 0 fully saturated rings. The van der Waals surface area contributed by atoms with Gasteiger partial charge >= 0.3 is 6.18 Å². The summed E-state index contributed by atoms with van der Waals surface area (Å²) in [5.74, 6) is 0.835. The van der Waals surface area contributed by atoms with E-state index in [0.717, 1.165) is 31.6 Å². The van der Waals surface area contributed by atoms with Crippen LogP contribution >= 0.6 is 0 Å². The summed E-state index contributed by atoms with van der Waals surface area (Å²) in [5, 5.41) is 6.41. The third-order valence-corrected chi connectivity index (χ3v) is 4.16. The molecule has 5 nitrogen and oxygen atoms in total. The van der Waals surface area contributed by atoms with Gasteiger partial charge in [0.25, 0.3) is 0 Å². The zero-order chi connectivity index (χ0) is 20.4. The van der Waals surface area contributed by atoms with Crippen molar-refractivity contribution < 1.29 is 22.6 Å². The number of nitrogens with one attached hydrogen (secondary N) is 2. The Hall–Kier alpha value is -2.22. The molecule has 0 unspecified atom stereocenters. The van der Waals surface area contributed by atoms with E-state index < -0.39 is 12.8 Å². The Bertz CT molecular complexity index is 688. The van der Waals surface area contributed by atoms with Gasteiger partial charge in [-0.25, -0.2) is 4.99 Å². The van der Waals surface area contributed by atoms with E-state index in [9.17, 15) is 13.2 Å². The predicted molar refractivity (Wildman–Crippen MR) is 104 cm³/mol. The highest BCUT2D eigenvalue weighted by Gasteiger charge is 2.28. The second-order valence-corrected chi connectivity index (χ2v) is 6.57. The largest absolute Gasteiger partial charge is 0.484 e. The number of guanidine groups is 1. The standard InChI is InChI=1S/C20H28F3N3O2/c1-3-24-19(25-9-6-16-7-10-27-11-8-16)26-13-17-5-4-15(2)12-18(17)28-14-20(21,22)23/h4-5,7,12H,3,6,8-11,13-14H2,1-2H3,(H2,24,25,26). The summed E-state index contributed by atoms with van der Waals surface area (Å²) in [6.45, 7) is 5.51. The van der Waals surface area contributed by atoms with Gasteiger partial charge in [-0.2, -0.15) is 13.2 Å². The SMILES string of the molecule is CCNC(=NCc1ccc(C)cc1OCC(F)(F)F)NCCC1=CCOCC1. The number of aliphatic imine (C=N–C) groups is 1. The minimum atomic E-state index is -4.38. The molecule has 0 radical (unpaired) electrons. The maximum Gasteiger partial charge on any atom is 0.422 e. The van der Waals surface area contributed by atoms with Gasteiger partial charge in [-0.15, -0.1) is 0 Å². The fourth-order valence-electron chi connectivity index (χ4n) is 2.73. The Morgan fingerprint density at radius 3 is 2.79 bits per heavy atom. The maximum absolute atomic E-state index is 12.5. The fourth-order valence-corrected chi connectivity index (χ4v) is 2.73. The molecule has 0 saturated carbocycles. The van der Waals surface area contributed by atoms with Gasteiger partial charge in [0.2, 0.25) is 0 Å². The van der Waals surface area contributed by atoms with Crippen LogP contribution in [0.25, 0.3) is 0 Å². The van der Waals surface area contributed by atoms with E-state index in [4.69, 9.17) is 9.47 Å². The van der Waals surface area contributed by atoms with Gasteiger partial charge in [0.15, 0.2) is 12.6 Å². The molecule has 2 rings (SSSR count). The number of ether oxygens (including phenoxy) is 2. The van der Waals surface area contributed by atoms with Crippen molar-refractivity contribution in [3.63, 3.8) is 0 Å². The summed E-state index contributed by atoms with van der Waals surface area (Å²) in [6.07, 6.45) is -0.428. The topological polar surface area (TPSA) is 54.9 Å². The molecule has 1 heterocycles. The summed E-state index contributed by atoms with van der Waals surface area (Å²) in [6, 6.07) is 5.19. The predicted octanol–water partition coefficient (Wildman–Crippen LogP) is 3.73. The molecule has 0 saturated heterocycles. The number of rotatable bonds is 8. The molecule has 0 aliphatic carbocycles. The van der Waals surface area contributed by atoms with Gasteiger partial charge in [-0.1, -0.05) is 23.8 Å². The number of halogens is 3. The number of hydrogen-bond donors (Lipinski definition) is 2. The third-order valence-electron chi connectivity index (χ3n) is 4.16. The lowest BCUT2D eigenvalue weighted by molar-refractivity contribution is -0.153. The number of benzene rings is 1. The highest BCUT2D eigenvalue weighted by atomic mass is 19.4. The van der Waals surface area contributed by atoms with Gasteiger partial charge < -0.3 is 20.1 Å². The minimum absolute atomic E-state index is 0.212. The van der Waals surface area contributed by atoms with E-state index in [1.807, 2.05) is 19.9 Å². The highest BCUT2D eigenvalue weighted by molar-refractivity contribution is 5.79. The molecule has 8 heteroatoms. The average molecular weight is 399 g/mol. The summed E-state index contributed by atoms with van der Waals surface area (Å²) in [7, 11) is 0. The first-order valence-electron chi connectivity index (χ1n) is 9.44. The average Bonchev–Trinajstić information content (AvgIpc) is 2.65. The van der Waals surface area contributed by atoms with Gasteiger partial charge in [0.05, 0.1) is 19.8 Å². The van der Waals surface area contributed by atoms with Crippen LogP contribution in [0.2, 0.25) is 0 Å². The molecular weight excluding hydrogens is 371 g/mol. The normalized spacial score (nSPS) is 15.2. The van der Waals surface area contributed by atoms with E-state index in [0.29, 0.717) is 24.7 Å². The number of nitrogens with zero attached hydrogens (tertiary/aromatic N) is 1. The van der Waals surface area contributed by atoms with Gasteiger partial charge in [-0.05, 0) is 38.3 Å². The summed E-state index contributed by atoms with van der Waals surface area (Å²) >= 11 is 0. The van der Waals surface area contributed by atoms with Crippen LogP contribution in [0.3, 0.4) is 0 Å². The van der Waals surface area contributed by atoms with Crippen molar-refractivity contribution in [2.75, 3.05) is 32.9 Å². The molecule has 2 N–H and O–H groups in total. The van der Waals surface area contributed by atoms with E-state index >= 15 is 0 Å². The summed E-state index contributed by atoms with van der Waals surface area (Å²) in [5.41, 5.74) is 2.80. The van der Waals surface area contributed by atoms with Crippen molar-refractivity contribution in [1.82, 2.24) is 10.6 Å². The second-order valence-electron chi connectivity index (χ2n) is 6.57. The first-order valence-corrected chi connectivity index (χ1v) is 9.44. The Balaban J connectivity index is 1.97. The van der Waals surface area contributed by atoms with Crippen LogP contribution < -0.4 is 15.4 Å². The minimum Gasteiger partial charge on any atom is -0.484 e. The van der Waals surface area contributed by atoms with Crippen LogP contribution in [0.5, 0.6) is 5.75 Å². The Morgan fingerprint density at radius 2 is 2.11 bits per heavy atom. The monoisotopic (exact) mass is 399 g/mol. The summed E-state index contributed by atoms with van der Waals surface area (Å²) < 4.78 is 47.8. The first kappa shape index (κ1) is 22.1. The van der Waals surface area contributed by atoms with Gasteiger partial charge in [0.1, 0.15) is 5.75 Å². The number of hydrogen-bond acceptors (Lipinski definition) is 3. The number of alkyl halides is 3. The zero-order valence-corrected chi connectivity index (χ0v) is 16.4. The van der Waals surface area contributed by atoms with Crippen LogP contribution in [0.1, 0.15) is 30.9 Å². The van der Waals surface area contributed by atoms with E-state index in [1.54, 1.807) is 12.1 Å². The smallest absolute Gasteiger partial charge is 0.422 e. The maximum atomic E-state index is 12.5. The van der Waals surface area contributed by atoms with E-state index in [2.05, 4.69) is 21.7 Å². The lowest BCUT2D eigenvalue weighted by Crippen LogP contribution is -2.38. The number of aryl methyl sites for hydroxylation is 1. The van der Waals surface area contributed by atoms with Crippen LogP contribution in [0, 0.1) is 6.92 Å². The first-order chi connectivity index (χ1) is 13.4. The Kier molecular flexibility index (Phi) is 8.63. The van der Waals surface area contributed by atoms with Gasteiger partial charge in [-0.3, -0.25) is 0 Å². The van der Waals surface area contributed by atoms with Crippen molar-refractivity contribution in [2.45, 2.75) is 39.4 Å². The third kappa shape index (κ3) is 8.21. The lowest BCUT2D eigenvalue weighted by atomic mass is 10.1. The Labute approximate surface area is 164 Å². The van der Waals surface area contributed by atoms with E-state index in [1.165, 1.54) is 5.57 Å². The van der Waals surface area contributed by atoms with Crippen LogP contribution in [-0.2, 0) is 11.3 Å². The van der Waals surface area contributed by atoms with Crippen LogP contribution in [0.4, 0.5) is 13.2 Å². The molecule has 1 aliphatic rings. The van der Waals surface area contributed by atoms with Gasteiger partial charge in [0, 0.05) is 18.7 Å². The molecule has 0 aromatic heterocycles. The molecule has 0 amide bonds. The molecule has 0 bridgehead atoms. The van der Waals surface area contributed by atoms with Crippen molar-refractivity contribution >= 4 is 5.96 Å². The second kappa shape index (κ2) is 10.9. The van der Waals surface area contributed by atoms with Crippen molar-refractivity contribution in [1.29, 1.82) is 0 Å². The molecule has 1 aromatic carbocycles. The molecule has 28 heavy (non-hydrogen) atoms. The molecular formula is C20H28F3N3O2. The molecule has 1 aromatic rings. The quantitative estimate of drug-likeness (QED) is 0.397. The van der Waals surface area contributed by atoms with Crippen molar-refractivity contribution in [2.24, 2.45) is 4.99 Å². The molecule has 156 valence electrons. The molecule has 0 spiro atoms. The lowest BCUT2D eigenvalue weighted by Gasteiger charge is -2.16. The fraction of sp³-hybridized carbons (Fsp3) is 0.550. The molecule has 0 atom stereocenters. The van der Waals surface area contributed by atoms with Crippen LogP contribution in [0.15, 0.2) is 34.8 Å². The Morgan fingerprint density at radius 1 is 1.29 bits per heavy atom. The highest BCUT2D eigenvalue weighted by Crippen LogP contribution is 2.24. The molecule has 1 aliphatic heterocycles. The van der Waals surface area contributed by atoms with Crippen LogP contribution in [-0.4, -0.2) is 45.0 Å². The van der Waals surface area contributed by atoms with Crippen molar-refractivity contribution in [3.05, 3.63) is 41.0 Å². The van der Waals surface area contributed by atoms with Crippen molar-refractivity contribution in [3.8, 4) is 5.75 Å². The van der Waals surface area contributed by atoms with E-state index in [-0.39, 0.29) is 12.3 Å².